The molecule has 1 heterocycles. The van der Waals surface area contributed by atoms with Crippen molar-refractivity contribution in [1.29, 1.82) is 0 Å². The van der Waals surface area contributed by atoms with Crippen molar-refractivity contribution in [3.05, 3.63) is 41.1 Å². The molecular formula is C25H32N2O3. The second-order valence-electron chi connectivity index (χ2n) is 9.54. The summed E-state index contributed by atoms with van der Waals surface area (Å²) in [4.78, 5) is 30.6. The van der Waals surface area contributed by atoms with Crippen molar-refractivity contribution in [3.63, 3.8) is 0 Å². The van der Waals surface area contributed by atoms with Gasteiger partial charge < -0.3 is 10.1 Å². The molecule has 0 spiro atoms. The molecule has 1 N–H and O–H groups in total. The number of para-hydroxylation sites is 1. The number of aromatic nitrogens is 1. The van der Waals surface area contributed by atoms with Crippen molar-refractivity contribution < 1.29 is 14.3 Å². The Bertz CT molecular complexity index is 978. The number of nitrogens with one attached hydrogen (secondary N) is 1. The lowest BCUT2D eigenvalue weighted by atomic mass is 9.68. The lowest BCUT2D eigenvalue weighted by Crippen LogP contribution is -2.37. The van der Waals surface area contributed by atoms with Crippen molar-refractivity contribution in [3.8, 4) is 0 Å². The largest absolute Gasteiger partial charge is 0.449 e. The van der Waals surface area contributed by atoms with E-state index in [1.165, 1.54) is 0 Å². The molecule has 2 aromatic rings. The second-order valence-corrected chi connectivity index (χ2v) is 9.54. The van der Waals surface area contributed by atoms with E-state index in [1.54, 1.807) is 6.92 Å². The zero-order valence-corrected chi connectivity index (χ0v) is 18.5. The Morgan fingerprint density at radius 3 is 2.67 bits per heavy atom. The van der Waals surface area contributed by atoms with E-state index >= 15 is 0 Å². The van der Waals surface area contributed by atoms with E-state index in [2.05, 4.69) is 26.1 Å². The molecule has 1 saturated carbocycles. The number of pyridine rings is 1. The van der Waals surface area contributed by atoms with Gasteiger partial charge in [0, 0.05) is 17.1 Å². The van der Waals surface area contributed by atoms with Crippen LogP contribution in [0.25, 0.3) is 10.9 Å². The summed E-state index contributed by atoms with van der Waals surface area (Å²) in [5.74, 6) is -0.151. The fourth-order valence-electron chi connectivity index (χ4n) is 4.40. The fourth-order valence-corrected chi connectivity index (χ4v) is 4.40. The molecule has 0 unspecified atom stereocenters. The van der Waals surface area contributed by atoms with E-state index < -0.39 is 12.1 Å². The van der Waals surface area contributed by atoms with Gasteiger partial charge in [0.25, 0.3) is 5.91 Å². The number of fused-ring (bicyclic) bond motifs is 2. The maximum Gasteiger partial charge on any atom is 0.339 e. The number of hydrogen-bond donors (Lipinski definition) is 1. The van der Waals surface area contributed by atoms with Crippen LogP contribution in [0.3, 0.4) is 0 Å². The van der Waals surface area contributed by atoms with Crippen LogP contribution in [0.2, 0.25) is 0 Å². The third-order valence-electron chi connectivity index (χ3n) is 7.06. The number of hydrogen-bond acceptors (Lipinski definition) is 4. The number of amides is 1. The number of carbonyl (C=O) groups is 2. The number of carbonyl (C=O) groups excluding carboxylic acids is 2. The standard InChI is InChI=1S/C25H32N2O3/c1-5-25(3,4)16-10-13-21-19(14-16)22(18-8-6-7-9-20(18)27-21)24(29)30-15(2)23(28)26-17-11-12-17/h6-9,15-17H,5,10-14H2,1-4H3,(H,26,28)/t15-,16+/m0/s1. The van der Waals surface area contributed by atoms with Gasteiger partial charge in [0.05, 0.1) is 11.1 Å². The monoisotopic (exact) mass is 408 g/mol. The third kappa shape index (κ3) is 4.07. The number of rotatable bonds is 6. The highest BCUT2D eigenvalue weighted by molar-refractivity contribution is 6.05. The van der Waals surface area contributed by atoms with Crippen molar-refractivity contribution in [2.24, 2.45) is 11.3 Å². The number of aryl methyl sites for hydroxylation is 1. The lowest BCUT2D eigenvalue weighted by molar-refractivity contribution is -0.129. The molecule has 2 atom stereocenters. The van der Waals surface area contributed by atoms with Gasteiger partial charge in [-0.2, -0.15) is 0 Å². The maximum atomic E-state index is 13.3. The van der Waals surface area contributed by atoms with Crippen molar-refractivity contribution >= 4 is 22.8 Å². The minimum atomic E-state index is -0.813. The first-order chi connectivity index (χ1) is 14.3. The number of esters is 1. The first kappa shape index (κ1) is 20.8. The summed E-state index contributed by atoms with van der Waals surface area (Å²) in [6, 6.07) is 7.98. The van der Waals surface area contributed by atoms with Crippen LogP contribution < -0.4 is 5.32 Å². The number of nitrogens with zero attached hydrogens (tertiary/aromatic N) is 1. The van der Waals surface area contributed by atoms with Crippen LogP contribution in [0, 0.1) is 11.3 Å². The van der Waals surface area contributed by atoms with E-state index in [4.69, 9.17) is 9.72 Å². The summed E-state index contributed by atoms with van der Waals surface area (Å²) < 4.78 is 5.67. The highest BCUT2D eigenvalue weighted by atomic mass is 16.5. The summed E-state index contributed by atoms with van der Waals surface area (Å²) in [7, 11) is 0. The molecular weight excluding hydrogens is 376 g/mol. The molecule has 1 aromatic heterocycles. The van der Waals surface area contributed by atoms with Crippen LogP contribution in [0.1, 0.15) is 75.0 Å². The van der Waals surface area contributed by atoms with Crippen LogP contribution in [0.15, 0.2) is 24.3 Å². The molecule has 0 aliphatic heterocycles. The van der Waals surface area contributed by atoms with Gasteiger partial charge >= 0.3 is 5.97 Å². The molecule has 160 valence electrons. The molecule has 0 radical (unpaired) electrons. The highest BCUT2D eigenvalue weighted by Crippen LogP contribution is 2.41. The smallest absolute Gasteiger partial charge is 0.339 e. The molecule has 5 heteroatoms. The molecule has 4 rings (SSSR count). The third-order valence-corrected chi connectivity index (χ3v) is 7.06. The molecule has 2 aliphatic carbocycles. The van der Waals surface area contributed by atoms with Gasteiger partial charge in [-0.05, 0) is 62.0 Å². The lowest BCUT2D eigenvalue weighted by Gasteiger charge is -2.37. The fraction of sp³-hybridized carbons (Fsp3) is 0.560. The van der Waals surface area contributed by atoms with E-state index in [0.29, 0.717) is 11.5 Å². The summed E-state index contributed by atoms with van der Waals surface area (Å²) in [6.07, 6.45) is 5.05. The average Bonchev–Trinajstić information content (AvgIpc) is 3.55. The predicted molar refractivity (Wildman–Crippen MR) is 117 cm³/mol. The number of benzene rings is 1. The Labute approximate surface area is 178 Å². The zero-order valence-electron chi connectivity index (χ0n) is 18.5. The second kappa shape index (κ2) is 8.01. The first-order valence-corrected chi connectivity index (χ1v) is 11.2. The van der Waals surface area contributed by atoms with E-state index in [1.807, 2.05) is 24.3 Å². The normalized spacial score (nSPS) is 19.8. The quantitative estimate of drug-likeness (QED) is 0.709. The molecule has 1 amide bonds. The minimum Gasteiger partial charge on any atom is -0.449 e. The molecule has 5 nitrogen and oxygen atoms in total. The Hall–Kier alpha value is -2.43. The summed E-state index contributed by atoms with van der Waals surface area (Å²) in [5, 5.41) is 3.73. The molecule has 30 heavy (non-hydrogen) atoms. The summed E-state index contributed by atoms with van der Waals surface area (Å²) in [6.45, 7) is 8.48. The Balaban J connectivity index is 1.69. The van der Waals surface area contributed by atoms with Gasteiger partial charge in [-0.25, -0.2) is 4.79 Å². The van der Waals surface area contributed by atoms with Crippen LogP contribution in [0.5, 0.6) is 0 Å². The molecule has 0 saturated heterocycles. The Kier molecular flexibility index (Phi) is 5.56. The molecule has 1 aromatic carbocycles. The summed E-state index contributed by atoms with van der Waals surface area (Å²) in [5.41, 5.74) is 3.61. The van der Waals surface area contributed by atoms with Crippen molar-refractivity contribution in [2.75, 3.05) is 0 Å². The van der Waals surface area contributed by atoms with E-state index in [9.17, 15) is 9.59 Å². The topological polar surface area (TPSA) is 68.3 Å². The number of ether oxygens (including phenoxy) is 1. The van der Waals surface area contributed by atoms with E-state index in [0.717, 1.165) is 60.7 Å². The molecule has 2 aliphatic rings. The SMILES string of the molecule is CCC(C)(C)[C@@H]1CCc2nc3ccccc3c(C(=O)O[C@@H](C)C(=O)NC3CC3)c2C1. The predicted octanol–water partition coefficient (Wildman–Crippen LogP) is 4.60. The first-order valence-electron chi connectivity index (χ1n) is 11.2. The maximum absolute atomic E-state index is 13.3. The van der Waals surface area contributed by atoms with Gasteiger partial charge in [-0.1, -0.05) is 45.4 Å². The zero-order chi connectivity index (χ0) is 21.5. The Morgan fingerprint density at radius 2 is 1.97 bits per heavy atom. The van der Waals surface area contributed by atoms with Gasteiger partial charge in [0.1, 0.15) is 0 Å². The van der Waals surface area contributed by atoms with Crippen LogP contribution in [-0.2, 0) is 22.4 Å². The highest BCUT2D eigenvalue weighted by Gasteiger charge is 2.35. The van der Waals surface area contributed by atoms with Gasteiger partial charge in [-0.3, -0.25) is 9.78 Å². The van der Waals surface area contributed by atoms with Gasteiger partial charge in [0.15, 0.2) is 6.10 Å². The Morgan fingerprint density at radius 1 is 1.23 bits per heavy atom. The van der Waals surface area contributed by atoms with Crippen molar-refractivity contribution in [1.82, 2.24) is 10.3 Å². The molecule has 1 fully saturated rings. The van der Waals surface area contributed by atoms with Crippen LogP contribution in [-0.4, -0.2) is 29.0 Å². The van der Waals surface area contributed by atoms with Crippen LogP contribution in [0.4, 0.5) is 0 Å². The average molecular weight is 409 g/mol. The van der Waals surface area contributed by atoms with Gasteiger partial charge in [0.2, 0.25) is 0 Å². The molecule has 0 bridgehead atoms. The van der Waals surface area contributed by atoms with Gasteiger partial charge in [-0.15, -0.1) is 0 Å². The van der Waals surface area contributed by atoms with E-state index in [-0.39, 0.29) is 17.4 Å². The van der Waals surface area contributed by atoms with Crippen LogP contribution >= 0.6 is 0 Å². The van der Waals surface area contributed by atoms with Crippen molar-refractivity contribution in [2.45, 2.75) is 78.4 Å². The summed E-state index contributed by atoms with van der Waals surface area (Å²) >= 11 is 0. The minimum absolute atomic E-state index is 0.196.